The lowest BCUT2D eigenvalue weighted by atomic mass is 10.1. The molecule has 0 radical (unpaired) electrons. The van der Waals surface area contributed by atoms with E-state index in [-0.39, 0.29) is 36.8 Å². The average Bonchev–Trinajstić information content (AvgIpc) is 3.51. The first-order valence-corrected chi connectivity index (χ1v) is 12.5. The van der Waals surface area contributed by atoms with E-state index in [9.17, 15) is 36.6 Å². The van der Waals surface area contributed by atoms with E-state index in [1.54, 1.807) is 0 Å². The van der Waals surface area contributed by atoms with Crippen LogP contribution in [0.4, 0.5) is 22.0 Å². The van der Waals surface area contributed by atoms with Crippen LogP contribution in [-0.4, -0.2) is 73.2 Å². The summed E-state index contributed by atoms with van der Waals surface area (Å²) in [6, 6.07) is 1.39. The van der Waals surface area contributed by atoms with E-state index in [0.717, 1.165) is 19.0 Å². The smallest absolute Gasteiger partial charge is 0.434 e. The molecule has 0 spiro atoms. The highest BCUT2D eigenvalue weighted by atomic mass is 19.4. The molecule has 1 saturated heterocycles. The summed E-state index contributed by atoms with van der Waals surface area (Å²) in [7, 11) is 0. The van der Waals surface area contributed by atoms with E-state index in [1.165, 1.54) is 21.7 Å². The topological polar surface area (TPSA) is 113 Å². The van der Waals surface area contributed by atoms with E-state index < -0.39 is 54.5 Å². The van der Waals surface area contributed by atoms with Crippen LogP contribution < -0.4 is 5.32 Å². The van der Waals surface area contributed by atoms with Gasteiger partial charge in [-0.25, -0.2) is 18.4 Å². The van der Waals surface area contributed by atoms with Crippen molar-refractivity contribution in [2.24, 2.45) is 0 Å². The Labute approximate surface area is 215 Å². The molecule has 2 N–H and O–H groups in total. The van der Waals surface area contributed by atoms with Crippen LogP contribution in [0.3, 0.4) is 0 Å². The van der Waals surface area contributed by atoms with E-state index in [0.29, 0.717) is 25.8 Å². The average molecular weight is 545 g/mol. The number of alkyl halides is 5. The molecule has 0 unspecified atom stereocenters. The van der Waals surface area contributed by atoms with Crippen molar-refractivity contribution in [2.45, 2.75) is 75.5 Å². The first kappa shape index (κ1) is 27.9. The number of carboxylic acids is 1. The van der Waals surface area contributed by atoms with Gasteiger partial charge in [0.1, 0.15) is 0 Å². The molecule has 14 heteroatoms. The number of pyridine rings is 1. The van der Waals surface area contributed by atoms with E-state index in [4.69, 9.17) is 0 Å². The van der Waals surface area contributed by atoms with Crippen LogP contribution in [0.15, 0.2) is 18.3 Å². The van der Waals surface area contributed by atoms with Gasteiger partial charge in [0.15, 0.2) is 11.5 Å². The van der Waals surface area contributed by atoms with Gasteiger partial charge in [0.2, 0.25) is 5.82 Å². The third-order valence-corrected chi connectivity index (χ3v) is 6.84. The summed E-state index contributed by atoms with van der Waals surface area (Å²) in [5, 5.41) is 16.1. The van der Waals surface area contributed by atoms with Crippen molar-refractivity contribution < 1.29 is 36.6 Å². The largest absolute Gasteiger partial charge is 0.481 e. The number of carbonyl (C=O) groups excluding carboxylic acids is 1. The van der Waals surface area contributed by atoms with Crippen LogP contribution in [-0.2, 0) is 11.0 Å². The molecule has 2 aromatic heterocycles. The zero-order chi connectivity index (χ0) is 27.5. The van der Waals surface area contributed by atoms with E-state index in [2.05, 4.69) is 20.4 Å². The maximum Gasteiger partial charge on any atom is 0.434 e. The summed E-state index contributed by atoms with van der Waals surface area (Å²) >= 11 is 0. The van der Waals surface area contributed by atoms with Crippen LogP contribution >= 0.6 is 0 Å². The molecule has 3 heterocycles. The van der Waals surface area contributed by atoms with Gasteiger partial charge in [-0.3, -0.25) is 19.5 Å². The lowest BCUT2D eigenvalue weighted by Crippen LogP contribution is -2.45. The maximum absolute atomic E-state index is 13.7. The standard InChI is InChI=1S/C24H29F5N6O3/c25-23(26)9-4-11-34(14-23)12-8-15(13-18(36)37)31-22(38)20-32-21(35(33-20)16-5-1-2-6-16)17-7-3-10-30-19(17)24(27,28)29/h3,7,10,15-16H,1-2,4-6,8-9,11-14H2,(H,31,38)(H,36,37)/t15-/m0/s1. The first-order chi connectivity index (χ1) is 17.9. The highest BCUT2D eigenvalue weighted by Crippen LogP contribution is 2.38. The molecule has 1 amide bonds. The normalized spacial score (nSPS) is 19.4. The molecule has 208 valence electrons. The molecule has 1 saturated carbocycles. The Hall–Kier alpha value is -3.16. The zero-order valence-corrected chi connectivity index (χ0v) is 20.6. The lowest BCUT2D eigenvalue weighted by molar-refractivity contribution is -0.140. The Bertz CT molecular complexity index is 1150. The number of hydrogen-bond acceptors (Lipinski definition) is 6. The Balaban J connectivity index is 1.57. The van der Waals surface area contributed by atoms with Crippen molar-refractivity contribution >= 4 is 11.9 Å². The van der Waals surface area contributed by atoms with Gasteiger partial charge in [-0.2, -0.15) is 13.2 Å². The molecule has 4 rings (SSSR count). The number of hydrogen-bond donors (Lipinski definition) is 2. The molecule has 9 nitrogen and oxygen atoms in total. The number of carbonyl (C=O) groups is 2. The number of aromatic nitrogens is 4. The molecular formula is C24H29F5N6O3. The van der Waals surface area contributed by atoms with Crippen molar-refractivity contribution in [1.29, 1.82) is 0 Å². The number of aliphatic carboxylic acids is 1. The Morgan fingerprint density at radius 3 is 2.61 bits per heavy atom. The number of nitrogens with zero attached hydrogens (tertiary/aromatic N) is 5. The Morgan fingerprint density at radius 2 is 1.95 bits per heavy atom. The van der Waals surface area contributed by atoms with Gasteiger partial charge in [-0.15, -0.1) is 5.10 Å². The molecule has 2 fully saturated rings. The number of amides is 1. The van der Waals surface area contributed by atoms with Gasteiger partial charge in [0.25, 0.3) is 11.8 Å². The van der Waals surface area contributed by atoms with Gasteiger partial charge in [-0.05, 0) is 44.4 Å². The van der Waals surface area contributed by atoms with Gasteiger partial charge >= 0.3 is 12.1 Å². The van der Waals surface area contributed by atoms with Crippen molar-refractivity contribution in [2.75, 3.05) is 19.6 Å². The number of piperidine rings is 1. The number of carboxylic acid groups (broad SMARTS) is 1. The molecule has 0 aromatic carbocycles. The van der Waals surface area contributed by atoms with Crippen LogP contribution in [0.25, 0.3) is 11.4 Å². The minimum atomic E-state index is -4.76. The third-order valence-electron chi connectivity index (χ3n) is 6.84. The van der Waals surface area contributed by atoms with Gasteiger partial charge in [-0.1, -0.05) is 12.8 Å². The third kappa shape index (κ3) is 6.83. The molecule has 38 heavy (non-hydrogen) atoms. The summed E-state index contributed by atoms with van der Waals surface area (Å²) in [4.78, 5) is 33.6. The number of likely N-dealkylation sites (tertiary alicyclic amines) is 1. The first-order valence-electron chi connectivity index (χ1n) is 12.5. The second-order valence-electron chi connectivity index (χ2n) is 9.83. The van der Waals surface area contributed by atoms with Crippen molar-refractivity contribution in [3.63, 3.8) is 0 Å². The van der Waals surface area contributed by atoms with Crippen LogP contribution in [0, 0.1) is 0 Å². The van der Waals surface area contributed by atoms with Crippen molar-refractivity contribution in [3.8, 4) is 11.4 Å². The number of rotatable bonds is 9. The Morgan fingerprint density at radius 1 is 1.21 bits per heavy atom. The van der Waals surface area contributed by atoms with Crippen molar-refractivity contribution in [1.82, 2.24) is 30.0 Å². The quantitative estimate of drug-likeness (QED) is 0.456. The summed E-state index contributed by atoms with van der Waals surface area (Å²) in [6.45, 7) is 0.143. The fourth-order valence-electron chi connectivity index (χ4n) is 5.08. The molecule has 1 aliphatic carbocycles. The SMILES string of the molecule is O=C(O)C[C@H](CCN1CCCC(F)(F)C1)NC(=O)c1nc(-c2cccnc2C(F)(F)F)n(C2CCCC2)n1. The maximum atomic E-state index is 13.7. The lowest BCUT2D eigenvalue weighted by Gasteiger charge is -2.33. The summed E-state index contributed by atoms with van der Waals surface area (Å²) in [6.07, 6.45) is -1.01. The van der Waals surface area contributed by atoms with E-state index in [1.807, 2.05) is 0 Å². The summed E-state index contributed by atoms with van der Waals surface area (Å²) in [5.74, 6) is -5.42. The summed E-state index contributed by atoms with van der Waals surface area (Å²) < 4.78 is 69.8. The molecule has 2 aliphatic rings. The molecular weight excluding hydrogens is 515 g/mol. The highest BCUT2D eigenvalue weighted by Gasteiger charge is 2.38. The minimum absolute atomic E-state index is 0.0884. The monoisotopic (exact) mass is 544 g/mol. The summed E-state index contributed by atoms with van der Waals surface area (Å²) in [5.41, 5.74) is -1.47. The fourth-order valence-corrected chi connectivity index (χ4v) is 5.08. The van der Waals surface area contributed by atoms with E-state index >= 15 is 0 Å². The molecule has 1 aliphatic heterocycles. The zero-order valence-electron chi connectivity index (χ0n) is 20.6. The second-order valence-corrected chi connectivity index (χ2v) is 9.83. The minimum Gasteiger partial charge on any atom is -0.481 e. The van der Waals surface area contributed by atoms with Crippen molar-refractivity contribution in [3.05, 3.63) is 29.8 Å². The molecule has 1 atom stereocenters. The second kappa shape index (κ2) is 11.3. The van der Waals surface area contributed by atoms with Gasteiger partial charge in [0, 0.05) is 30.8 Å². The predicted molar refractivity (Wildman–Crippen MR) is 125 cm³/mol. The number of nitrogens with one attached hydrogen (secondary N) is 1. The van der Waals surface area contributed by atoms with Crippen LogP contribution in [0.5, 0.6) is 0 Å². The fraction of sp³-hybridized carbons (Fsp3) is 0.625. The van der Waals surface area contributed by atoms with Gasteiger partial charge < -0.3 is 10.4 Å². The number of halogens is 5. The molecule has 2 aromatic rings. The van der Waals surface area contributed by atoms with Gasteiger partial charge in [0.05, 0.1) is 19.0 Å². The predicted octanol–water partition coefficient (Wildman–Crippen LogP) is 4.17. The molecule has 0 bridgehead atoms. The highest BCUT2D eigenvalue weighted by molar-refractivity contribution is 5.91. The van der Waals surface area contributed by atoms with Crippen LogP contribution in [0.1, 0.15) is 73.7 Å². The van der Waals surface area contributed by atoms with Crippen LogP contribution in [0.2, 0.25) is 0 Å². The Kier molecular flexibility index (Phi) is 8.28.